The van der Waals surface area contributed by atoms with Crippen molar-refractivity contribution >= 4 is 11.3 Å². The Hall–Kier alpha value is -1.39. The van der Waals surface area contributed by atoms with E-state index in [1.54, 1.807) is 30.7 Å². The Morgan fingerprint density at radius 2 is 2.21 bits per heavy atom. The van der Waals surface area contributed by atoms with Crippen molar-refractivity contribution in [2.45, 2.75) is 32.8 Å². The van der Waals surface area contributed by atoms with Crippen molar-refractivity contribution in [3.8, 4) is 5.75 Å². The summed E-state index contributed by atoms with van der Waals surface area (Å²) in [6, 6.07) is 3.88. The summed E-state index contributed by atoms with van der Waals surface area (Å²) in [5, 5.41) is 12.8. The number of pyridine rings is 1. The predicted octanol–water partition coefficient (Wildman–Crippen LogP) is 3.50. The Bertz CT molecular complexity index is 549. The van der Waals surface area contributed by atoms with E-state index in [4.69, 9.17) is 4.74 Å². The minimum atomic E-state index is -1.03. The first-order valence-electron chi connectivity index (χ1n) is 6.41. The van der Waals surface area contributed by atoms with Gasteiger partial charge in [0.2, 0.25) is 0 Å². The number of hydrogen-bond donors (Lipinski definition) is 1. The van der Waals surface area contributed by atoms with Crippen LogP contribution in [0.4, 0.5) is 0 Å². The molecule has 2 rings (SSSR count). The molecule has 0 aliphatic carbocycles. The van der Waals surface area contributed by atoms with Gasteiger partial charge in [-0.25, -0.2) is 0 Å². The molecule has 0 spiro atoms. The van der Waals surface area contributed by atoms with Crippen molar-refractivity contribution in [3.05, 3.63) is 45.9 Å². The highest BCUT2D eigenvalue weighted by Crippen LogP contribution is 2.35. The van der Waals surface area contributed by atoms with Crippen LogP contribution in [0.15, 0.2) is 29.9 Å². The lowest BCUT2D eigenvalue weighted by molar-refractivity contribution is 0.105. The average Bonchev–Trinajstić information content (AvgIpc) is 2.84. The van der Waals surface area contributed by atoms with Crippen molar-refractivity contribution in [2.24, 2.45) is 0 Å². The molecule has 0 radical (unpaired) electrons. The summed E-state index contributed by atoms with van der Waals surface area (Å²) in [6.45, 7) is 6.52. The monoisotopic (exact) mass is 277 g/mol. The van der Waals surface area contributed by atoms with Crippen LogP contribution in [0.1, 0.15) is 36.3 Å². The molecule has 0 saturated carbocycles. The molecule has 0 aromatic carbocycles. The lowest BCUT2D eigenvalue weighted by Crippen LogP contribution is -2.22. The summed E-state index contributed by atoms with van der Waals surface area (Å²) in [7, 11) is 0. The van der Waals surface area contributed by atoms with E-state index in [-0.39, 0.29) is 0 Å². The third kappa shape index (κ3) is 2.96. The molecule has 0 amide bonds. The van der Waals surface area contributed by atoms with Crippen molar-refractivity contribution in [1.82, 2.24) is 4.98 Å². The van der Waals surface area contributed by atoms with Crippen LogP contribution in [-0.2, 0) is 5.60 Å². The maximum absolute atomic E-state index is 10.8. The van der Waals surface area contributed by atoms with Crippen LogP contribution >= 0.6 is 11.3 Å². The number of ether oxygens (including phenoxy) is 1. The molecule has 0 aliphatic rings. The second-order valence-electron chi connectivity index (χ2n) is 4.76. The fraction of sp³-hybridized carbons (Fsp3) is 0.400. The van der Waals surface area contributed by atoms with Gasteiger partial charge < -0.3 is 9.84 Å². The highest BCUT2D eigenvalue weighted by Gasteiger charge is 2.29. The molecule has 0 saturated heterocycles. The van der Waals surface area contributed by atoms with Gasteiger partial charge in [-0.1, -0.05) is 6.92 Å². The molecule has 0 fully saturated rings. The number of aryl methyl sites for hydroxylation is 1. The van der Waals surface area contributed by atoms with Crippen LogP contribution in [-0.4, -0.2) is 16.7 Å². The maximum Gasteiger partial charge on any atom is 0.137 e. The molecular formula is C15H19NO2S. The van der Waals surface area contributed by atoms with Crippen LogP contribution in [0.25, 0.3) is 0 Å². The molecule has 3 nitrogen and oxygen atoms in total. The van der Waals surface area contributed by atoms with E-state index in [9.17, 15) is 5.11 Å². The zero-order chi connectivity index (χ0) is 13.9. The number of nitrogens with zero attached hydrogens (tertiary/aromatic N) is 1. The standard InChI is InChI=1S/C15H19NO2S/c1-4-6-18-13-8-12(9-16-10-13)15(3,17)14-11(2)5-7-19-14/h5,7-10,17H,4,6H2,1-3H3. The summed E-state index contributed by atoms with van der Waals surface area (Å²) in [6.07, 6.45) is 4.32. The summed E-state index contributed by atoms with van der Waals surface area (Å²) >= 11 is 1.56. The van der Waals surface area contributed by atoms with E-state index in [2.05, 4.69) is 11.9 Å². The van der Waals surface area contributed by atoms with E-state index in [0.29, 0.717) is 12.4 Å². The number of aliphatic hydroxyl groups is 1. The summed E-state index contributed by atoms with van der Waals surface area (Å²) in [5.41, 5.74) is 0.818. The van der Waals surface area contributed by atoms with Crippen LogP contribution in [0, 0.1) is 6.92 Å². The minimum absolute atomic E-state index is 0.658. The second-order valence-corrected chi connectivity index (χ2v) is 5.68. The SMILES string of the molecule is CCCOc1cncc(C(C)(O)c2sccc2C)c1. The third-order valence-electron chi connectivity index (χ3n) is 3.05. The largest absolute Gasteiger partial charge is 0.492 e. The zero-order valence-corrected chi connectivity index (χ0v) is 12.3. The number of rotatable bonds is 5. The number of aromatic nitrogens is 1. The molecule has 0 bridgehead atoms. The Kier molecular flexibility index (Phi) is 4.22. The summed E-state index contributed by atoms with van der Waals surface area (Å²) < 4.78 is 5.57. The fourth-order valence-electron chi connectivity index (χ4n) is 1.99. The average molecular weight is 277 g/mol. The molecule has 2 heterocycles. The first-order chi connectivity index (χ1) is 9.05. The smallest absolute Gasteiger partial charge is 0.137 e. The molecule has 0 aliphatic heterocycles. The molecular weight excluding hydrogens is 258 g/mol. The van der Waals surface area contributed by atoms with Crippen LogP contribution in [0.3, 0.4) is 0 Å². The minimum Gasteiger partial charge on any atom is -0.492 e. The van der Waals surface area contributed by atoms with E-state index in [1.807, 2.05) is 24.4 Å². The van der Waals surface area contributed by atoms with E-state index < -0.39 is 5.60 Å². The van der Waals surface area contributed by atoms with Gasteiger partial charge in [-0.3, -0.25) is 4.98 Å². The number of thiophene rings is 1. The van der Waals surface area contributed by atoms with Gasteiger partial charge in [-0.15, -0.1) is 11.3 Å². The maximum atomic E-state index is 10.8. The van der Waals surface area contributed by atoms with Gasteiger partial charge >= 0.3 is 0 Å². The summed E-state index contributed by atoms with van der Waals surface area (Å²) in [5.74, 6) is 0.703. The number of hydrogen-bond acceptors (Lipinski definition) is 4. The quantitative estimate of drug-likeness (QED) is 0.909. The fourth-order valence-corrected chi connectivity index (χ4v) is 3.00. The van der Waals surface area contributed by atoms with Gasteiger partial charge in [0.05, 0.1) is 12.8 Å². The van der Waals surface area contributed by atoms with E-state index in [1.165, 1.54) is 0 Å². The molecule has 102 valence electrons. The molecule has 19 heavy (non-hydrogen) atoms. The van der Waals surface area contributed by atoms with Gasteiger partial charge in [0, 0.05) is 16.6 Å². The van der Waals surface area contributed by atoms with Gasteiger partial charge in [0.25, 0.3) is 0 Å². The first-order valence-corrected chi connectivity index (χ1v) is 7.29. The van der Waals surface area contributed by atoms with Crippen molar-refractivity contribution < 1.29 is 9.84 Å². The third-order valence-corrected chi connectivity index (χ3v) is 4.28. The Morgan fingerprint density at radius 1 is 1.42 bits per heavy atom. The van der Waals surface area contributed by atoms with Gasteiger partial charge in [0.15, 0.2) is 0 Å². The van der Waals surface area contributed by atoms with Gasteiger partial charge in [-0.2, -0.15) is 0 Å². The molecule has 4 heteroatoms. The van der Waals surface area contributed by atoms with E-state index >= 15 is 0 Å². The van der Waals surface area contributed by atoms with Crippen molar-refractivity contribution in [1.29, 1.82) is 0 Å². The molecule has 2 aromatic rings. The highest BCUT2D eigenvalue weighted by molar-refractivity contribution is 7.10. The predicted molar refractivity (Wildman–Crippen MR) is 77.8 cm³/mol. The van der Waals surface area contributed by atoms with Crippen molar-refractivity contribution in [3.63, 3.8) is 0 Å². The van der Waals surface area contributed by atoms with Crippen LogP contribution in [0.2, 0.25) is 0 Å². The van der Waals surface area contributed by atoms with Crippen molar-refractivity contribution in [2.75, 3.05) is 6.61 Å². The van der Waals surface area contributed by atoms with Gasteiger partial charge in [-0.05, 0) is 43.3 Å². The molecule has 2 aromatic heterocycles. The summed E-state index contributed by atoms with van der Waals surface area (Å²) in [4.78, 5) is 5.11. The topological polar surface area (TPSA) is 42.4 Å². The highest BCUT2D eigenvalue weighted by atomic mass is 32.1. The second kappa shape index (κ2) is 5.72. The Morgan fingerprint density at radius 3 is 2.84 bits per heavy atom. The lowest BCUT2D eigenvalue weighted by atomic mass is 9.94. The zero-order valence-electron chi connectivity index (χ0n) is 11.5. The van der Waals surface area contributed by atoms with E-state index in [0.717, 1.165) is 22.4 Å². The lowest BCUT2D eigenvalue weighted by Gasteiger charge is -2.23. The van der Waals surface area contributed by atoms with Gasteiger partial charge in [0.1, 0.15) is 11.4 Å². The molecule has 1 unspecified atom stereocenters. The Balaban J connectivity index is 2.32. The first kappa shape index (κ1) is 14.0. The molecule has 1 N–H and O–H groups in total. The normalized spacial score (nSPS) is 14.1. The Labute approximate surface area is 117 Å². The van der Waals surface area contributed by atoms with Crippen LogP contribution < -0.4 is 4.74 Å². The molecule has 1 atom stereocenters. The van der Waals surface area contributed by atoms with Crippen LogP contribution in [0.5, 0.6) is 5.75 Å².